The van der Waals surface area contributed by atoms with Gasteiger partial charge in [-0.25, -0.2) is 24.3 Å². The number of amides is 4. The summed E-state index contributed by atoms with van der Waals surface area (Å²) >= 11 is 1.58. The lowest BCUT2D eigenvalue weighted by molar-refractivity contribution is -0.144. The summed E-state index contributed by atoms with van der Waals surface area (Å²) in [5, 5.41) is 33.8. The van der Waals surface area contributed by atoms with Gasteiger partial charge in [0.2, 0.25) is 29.6 Å². The summed E-state index contributed by atoms with van der Waals surface area (Å²) in [7, 11) is 0. The molecule has 4 amide bonds. The van der Waals surface area contributed by atoms with Crippen molar-refractivity contribution < 1.29 is 29.4 Å². The number of nitrogens with zero attached hydrogens (tertiary/aromatic N) is 9. The molecule has 0 saturated carbocycles. The highest BCUT2D eigenvalue weighted by Gasteiger charge is 2.44. The van der Waals surface area contributed by atoms with Gasteiger partial charge in [-0.1, -0.05) is 76.4 Å². The van der Waals surface area contributed by atoms with Gasteiger partial charge in [0.05, 0.1) is 34.4 Å². The molecule has 2 aromatic carbocycles. The summed E-state index contributed by atoms with van der Waals surface area (Å²) in [6.45, 7) is 20.2. The predicted molar refractivity (Wildman–Crippen MR) is 316 cm³/mol. The van der Waals surface area contributed by atoms with Crippen LogP contribution in [0.2, 0.25) is 0 Å². The smallest absolute Gasteiger partial charge is 0.278 e. The van der Waals surface area contributed by atoms with Gasteiger partial charge < -0.3 is 41.3 Å². The number of aliphatic hydroxyl groups excluding tert-OH is 1. The molecule has 20 nitrogen and oxygen atoms in total. The van der Waals surface area contributed by atoms with Crippen molar-refractivity contribution >= 4 is 63.3 Å². The Balaban J connectivity index is 0.688. The van der Waals surface area contributed by atoms with Crippen molar-refractivity contribution in [2.45, 2.75) is 136 Å². The molecular formula is C60H79N13O7S. The number of hydrogen-bond donors (Lipinski definition) is 6. The second-order valence-corrected chi connectivity index (χ2v) is 23.6. The molecule has 8 rings (SSSR count). The van der Waals surface area contributed by atoms with Gasteiger partial charge in [0, 0.05) is 82.6 Å². The number of hydrogen-bond acceptors (Lipinski definition) is 15. The fourth-order valence-corrected chi connectivity index (χ4v) is 11.2. The first-order chi connectivity index (χ1) is 38.8. The summed E-state index contributed by atoms with van der Waals surface area (Å²) < 4.78 is 3.13. The van der Waals surface area contributed by atoms with Gasteiger partial charge in [0.1, 0.15) is 23.1 Å². The minimum atomic E-state index is -1.19. The van der Waals surface area contributed by atoms with E-state index in [0.717, 1.165) is 97.9 Å². The van der Waals surface area contributed by atoms with E-state index in [0.29, 0.717) is 47.9 Å². The highest BCUT2D eigenvalue weighted by Crippen LogP contribution is 2.30. The number of thiazole rings is 1. The number of aromatic nitrogens is 6. The molecule has 0 bridgehead atoms. The molecule has 2 saturated heterocycles. The number of nitrogens with one attached hydrogen (secondary N) is 4. The van der Waals surface area contributed by atoms with E-state index < -0.39 is 29.2 Å². The molecule has 6 heterocycles. The average Bonchev–Trinajstić information content (AvgIpc) is 4.16. The van der Waals surface area contributed by atoms with Crippen molar-refractivity contribution in [2.24, 2.45) is 5.41 Å². The zero-order chi connectivity index (χ0) is 57.8. The summed E-state index contributed by atoms with van der Waals surface area (Å²) in [6.07, 6.45) is 8.13. The molecule has 2 aliphatic rings. The van der Waals surface area contributed by atoms with E-state index >= 15 is 0 Å². The second kappa shape index (κ2) is 27.0. The number of piperazine rings is 1. The third-order valence-electron chi connectivity index (χ3n) is 14.9. The van der Waals surface area contributed by atoms with Gasteiger partial charge >= 0.3 is 0 Å². The molecule has 432 valence electrons. The van der Waals surface area contributed by atoms with Gasteiger partial charge in [-0.15, -0.1) is 17.9 Å². The molecule has 0 aliphatic carbocycles. The molecule has 0 radical (unpaired) electrons. The molecule has 0 spiro atoms. The minimum absolute atomic E-state index is 0.0171. The van der Waals surface area contributed by atoms with Crippen LogP contribution in [0.1, 0.15) is 109 Å². The lowest BCUT2D eigenvalue weighted by Crippen LogP contribution is -2.57. The zero-order valence-corrected chi connectivity index (χ0v) is 48.4. The van der Waals surface area contributed by atoms with Gasteiger partial charge in [0.25, 0.3) is 5.56 Å². The maximum atomic E-state index is 14.0. The topological polar surface area (TPSA) is 245 Å². The Morgan fingerprint density at radius 1 is 0.852 bits per heavy atom. The van der Waals surface area contributed by atoms with Gasteiger partial charge in [0.15, 0.2) is 11.5 Å². The van der Waals surface area contributed by atoms with Crippen molar-refractivity contribution in [1.82, 2.24) is 55.0 Å². The number of β-amino-alcohol motifs (C(OH)–C–C–N with tert-alkyl or cyclic N) is 1. The molecule has 21 heteroatoms. The Bertz CT molecular complexity index is 3190. The quantitative estimate of drug-likeness (QED) is 0.0257. The zero-order valence-electron chi connectivity index (χ0n) is 47.6. The molecule has 3 unspecified atom stereocenters. The van der Waals surface area contributed by atoms with Crippen LogP contribution >= 0.6 is 11.3 Å². The number of aliphatic hydroxyl groups is 2. The highest BCUT2D eigenvalue weighted by atomic mass is 32.1. The Hall–Kier alpha value is -7.33. The van der Waals surface area contributed by atoms with E-state index in [1.54, 1.807) is 54.1 Å². The first-order valence-corrected chi connectivity index (χ1v) is 29.1. The first-order valence-electron chi connectivity index (χ1n) is 28.2. The monoisotopic (exact) mass is 1130 g/mol. The van der Waals surface area contributed by atoms with Crippen molar-refractivity contribution in [2.75, 3.05) is 56.0 Å². The van der Waals surface area contributed by atoms with E-state index in [4.69, 9.17) is 4.98 Å². The first kappa shape index (κ1) is 59.8. The number of benzene rings is 2. The normalized spacial score (nSPS) is 16.3. The Morgan fingerprint density at radius 2 is 1.57 bits per heavy atom. The van der Waals surface area contributed by atoms with E-state index in [9.17, 15) is 34.2 Å². The van der Waals surface area contributed by atoms with E-state index in [-0.39, 0.29) is 61.7 Å². The number of aryl methyl sites for hydroxylation is 1. The second-order valence-electron chi connectivity index (χ2n) is 22.8. The summed E-state index contributed by atoms with van der Waals surface area (Å²) in [5.41, 5.74) is 5.36. The number of anilines is 3. The maximum Gasteiger partial charge on any atom is 0.278 e. The van der Waals surface area contributed by atoms with Crippen LogP contribution in [0.15, 0.2) is 95.9 Å². The number of carbonyl (C=O) groups excluding carboxylic acids is 4. The van der Waals surface area contributed by atoms with Crippen molar-refractivity contribution in [3.05, 3.63) is 118 Å². The van der Waals surface area contributed by atoms with Gasteiger partial charge in [-0.2, -0.15) is 4.98 Å². The summed E-state index contributed by atoms with van der Waals surface area (Å²) in [4.78, 5) is 92.3. The summed E-state index contributed by atoms with van der Waals surface area (Å²) in [5.74, 6) is -0.146. The Labute approximate surface area is 478 Å². The number of likely N-dealkylation sites (tertiary alicyclic amines) is 1. The van der Waals surface area contributed by atoms with Crippen LogP contribution in [-0.4, -0.2) is 137 Å². The molecule has 81 heavy (non-hydrogen) atoms. The lowest BCUT2D eigenvalue weighted by atomic mass is 9.85. The lowest BCUT2D eigenvalue weighted by Gasteiger charge is -2.36. The van der Waals surface area contributed by atoms with Crippen molar-refractivity contribution in [3.8, 4) is 16.3 Å². The molecule has 4 aromatic heterocycles. The number of pyridine rings is 1. The highest BCUT2D eigenvalue weighted by molar-refractivity contribution is 7.13. The maximum absolute atomic E-state index is 14.0. The van der Waals surface area contributed by atoms with Crippen LogP contribution in [0.3, 0.4) is 0 Å². The SMILES string of the molecule is C=CCn1c(=O)c2cnc(Nc3ccc(N4CCN(CCCC(=O)NCCCCCCCC(=O)NC(C(=O)N5CC(O)CC5C(=O)NCc5ccc(-c6scnc6C)cc5)C(C)(C)C)CC4)cc3)nc2n1-c1cccc(C(C)(C)O)n1. The number of allylic oxidation sites excluding steroid dienone is 1. The summed E-state index contributed by atoms with van der Waals surface area (Å²) in [6, 6.07) is 19.6. The number of unbranched alkanes of at least 4 members (excludes halogenated alkanes) is 4. The third-order valence-corrected chi connectivity index (χ3v) is 15.9. The fourth-order valence-electron chi connectivity index (χ4n) is 10.3. The van der Waals surface area contributed by atoms with Crippen LogP contribution in [0, 0.1) is 12.3 Å². The number of fused-ring (bicyclic) bond motifs is 1. The average molecular weight is 1130 g/mol. The van der Waals surface area contributed by atoms with Crippen LogP contribution < -0.4 is 31.7 Å². The van der Waals surface area contributed by atoms with Crippen molar-refractivity contribution in [3.63, 3.8) is 0 Å². The van der Waals surface area contributed by atoms with Crippen LogP contribution in [0.5, 0.6) is 0 Å². The van der Waals surface area contributed by atoms with Crippen LogP contribution in [-0.2, 0) is 37.9 Å². The molecule has 2 aliphatic heterocycles. The van der Waals surface area contributed by atoms with Crippen LogP contribution in [0.4, 0.5) is 17.3 Å². The standard InChI is InChI=1S/C60H79N13O7S/c1-8-29-72-56(78)46-37-63-58(68-54(46)73(72)49-17-14-16-48(66-49)60(6,7)80)65-43-24-26-44(27-25-43)70-33-31-69(32-34-70)30-15-19-50(75)61-28-13-11-9-10-12-18-51(76)67-53(59(3,4)5)57(79)71-38-45(74)35-47(71)55(77)62-36-41-20-22-42(23-21-41)52-40(2)64-39-81-52/h8,14,16-17,20-27,37,39,45,47,53,74,80H,1,9-13,15,18-19,28-36,38H2,2-7H3,(H,61,75)(H,62,77)(H,67,76)(H,63,65,68). The van der Waals surface area contributed by atoms with E-state index in [1.807, 2.05) is 69.6 Å². The fraction of sp³-hybridized carbons (Fsp3) is 0.483. The van der Waals surface area contributed by atoms with Crippen molar-refractivity contribution in [1.29, 1.82) is 0 Å². The molecule has 3 atom stereocenters. The Kier molecular flexibility index (Phi) is 19.9. The largest absolute Gasteiger partial charge is 0.391 e. The minimum Gasteiger partial charge on any atom is -0.391 e. The van der Waals surface area contributed by atoms with E-state index in [2.05, 4.69) is 64.7 Å². The molecule has 6 N–H and O–H groups in total. The number of carbonyl (C=O) groups is 4. The Morgan fingerprint density at radius 3 is 2.26 bits per heavy atom. The van der Waals surface area contributed by atoms with Gasteiger partial charge in [-0.3, -0.25) is 28.9 Å². The predicted octanol–water partition coefficient (Wildman–Crippen LogP) is 6.73. The third kappa shape index (κ3) is 15.6. The van der Waals surface area contributed by atoms with Crippen LogP contribution in [0.25, 0.3) is 27.3 Å². The van der Waals surface area contributed by atoms with E-state index in [1.165, 1.54) is 15.8 Å². The number of rotatable bonds is 25. The molecule has 6 aromatic rings. The van der Waals surface area contributed by atoms with Gasteiger partial charge in [-0.05, 0) is 99.5 Å². The molecule has 2 fully saturated rings. The molecular weight excluding hydrogens is 1050 g/mol.